The van der Waals surface area contributed by atoms with E-state index in [-0.39, 0.29) is 48.3 Å². The van der Waals surface area contributed by atoms with E-state index in [1.807, 2.05) is 0 Å². The number of benzene rings is 3. The van der Waals surface area contributed by atoms with Crippen molar-refractivity contribution in [3.05, 3.63) is 106 Å². The second kappa shape index (κ2) is 17.1. The first-order valence-electron chi connectivity index (χ1n) is 14.8. The summed E-state index contributed by atoms with van der Waals surface area (Å²) in [4.78, 5) is 97.4. The molecule has 0 aliphatic rings. The Morgan fingerprint density at radius 2 is 1.00 bits per heavy atom. The van der Waals surface area contributed by atoms with Crippen LogP contribution in [-0.4, -0.2) is 71.2 Å². The van der Waals surface area contributed by atoms with Crippen LogP contribution >= 0.6 is 0 Å². The van der Waals surface area contributed by atoms with E-state index in [0.29, 0.717) is 12.8 Å². The Morgan fingerprint density at radius 3 is 1.51 bits per heavy atom. The van der Waals surface area contributed by atoms with Crippen molar-refractivity contribution in [2.45, 2.75) is 39.5 Å². The SMILES string of the molecule is CC(C)(COC(=O)CCCCC(=O)O)COC(=O)c1cccc(C(=O)OC(=O)c2ccccc2C(=O)OC(=O)c2cccc(C(=O)O)c2)c1. The zero-order chi connectivity index (χ0) is 36.1. The number of carboxylic acids is 2. The zero-order valence-electron chi connectivity index (χ0n) is 26.5. The highest BCUT2D eigenvalue weighted by molar-refractivity contribution is 6.11. The average Bonchev–Trinajstić information content (AvgIpc) is 3.08. The predicted molar refractivity (Wildman–Crippen MR) is 167 cm³/mol. The summed E-state index contributed by atoms with van der Waals surface area (Å²) in [6, 6.07) is 15.0. The van der Waals surface area contributed by atoms with Crippen LogP contribution in [0.1, 0.15) is 102 Å². The summed E-state index contributed by atoms with van der Waals surface area (Å²) >= 11 is 0. The van der Waals surface area contributed by atoms with E-state index in [0.717, 1.165) is 24.3 Å². The molecule has 49 heavy (non-hydrogen) atoms. The maximum absolute atomic E-state index is 12.9. The molecule has 0 bridgehead atoms. The molecule has 0 radical (unpaired) electrons. The average molecular weight is 677 g/mol. The normalized spacial score (nSPS) is 10.7. The standard InChI is InChI=1S/C35H32O14/c1-35(2,19-46-28(38)16-6-5-15-27(36)37)20-47-30(41)22-10-8-12-24(18-22)32(43)49-34(45)26-14-4-3-13-25(26)33(44)48-31(42)23-11-7-9-21(17-23)29(39)40/h3-4,7-14,17-18H,5-6,15-16,19-20H2,1-2H3,(H,36,37)(H,39,40). The van der Waals surface area contributed by atoms with Gasteiger partial charge in [0.05, 0.1) is 46.6 Å². The van der Waals surface area contributed by atoms with Crippen molar-refractivity contribution in [2.24, 2.45) is 5.41 Å². The highest BCUT2D eigenvalue weighted by Gasteiger charge is 2.26. The van der Waals surface area contributed by atoms with E-state index in [9.17, 15) is 38.4 Å². The second-order valence-electron chi connectivity index (χ2n) is 11.4. The Bertz CT molecular complexity index is 1770. The third-order valence-corrected chi connectivity index (χ3v) is 6.66. The van der Waals surface area contributed by atoms with Gasteiger partial charge >= 0.3 is 47.8 Å². The summed E-state index contributed by atoms with van der Waals surface area (Å²) < 4.78 is 20.3. The van der Waals surface area contributed by atoms with Gasteiger partial charge in [-0.25, -0.2) is 28.8 Å². The Balaban J connectivity index is 1.58. The van der Waals surface area contributed by atoms with Crippen LogP contribution in [-0.2, 0) is 28.5 Å². The largest absolute Gasteiger partial charge is 0.481 e. The van der Waals surface area contributed by atoms with E-state index in [4.69, 9.17) is 29.2 Å². The van der Waals surface area contributed by atoms with Gasteiger partial charge in [0.2, 0.25) is 0 Å². The summed E-state index contributed by atoms with van der Waals surface area (Å²) in [5.41, 5.74) is -2.30. The summed E-state index contributed by atoms with van der Waals surface area (Å²) in [6.07, 6.45) is 0.700. The van der Waals surface area contributed by atoms with E-state index < -0.39 is 64.3 Å². The lowest BCUT2D eigenvalue weighted by atomic mass is 9.96. The molecule has 0 heterocycles. The van der Waals surface area contributed by atoms with E-state index in [1.165, 1.54) is 48.5 Å². The molecule has 0 saturated heterocycles. The molecule has 0 aliphatic carbocycles. The molecule has 14 heteroatoms. The van der Waals surface area contributed by atoms with Gasteiger partial charge in [-0.15, -0.1) is 0 Å². The van der Waals surface area contributed by atoms with Crippen molar-refractivity contribution in [2.75, 3.05) is 13.2 Å². The molecule has 0 fully saturated rings. The first-order chi connectivity index (χ1) is 23.2. The molecule has 0 spiro atoms. The molecule has 14 nitrogen and oxygen atoms in total. The molecule has 0 aliphatic heterocycles. The number of rotatable bonds is 15. The maximum atomic E-state index is 12.9. The summed E-state index contributed by atoms with van der Waals surface area (Å²) in [7, 11) is 0. The molecular weight excluding hydrogens is 644 g/mol. The van der Waals surface area contributed by atoms with Crippen molar-refractivity contribution in [3.63, 3.8) is 0 Å². The molecule has 0 amide bonds. The number of hydrogen-bond donors (Lipinski definition) is 2. The molecule has 0 saturated carbocycles. The van der Waals surface area contributed by atoms with Crippen LogP contribution in [0.5, 0.6) is 0 Å². The molecule has 3 aromatic carbocycles. The van der Waals surface area contributed by atoms with Crippen LogP contribution in [0.4, 0.5) is 0 Å². The molecule has 3 aromatic rings. The summed E-state index contributed by atoms with van der Waals surface area (Å²) in [5.74, 6) is -8.44. The van der Waals surface area contributed by atoms with Crippen molar-refractivity contribution in [1.82, 2.24) is 0 Å². The number of carbonyl (C=O) groups is 8. The first-order valence-corrected chi connectivity index (χ1v) is 14.8. The molecule has 256 valence electrons. The van der Waals surface area contributed by atoms with Gasteiger partial charge in [0.15, 0.2) is 0 Å². The number of aromatic carboxylic acids is 1. The fourth-order valence-corrected chi connectivity index (χ4v) is 4.07. The lowest BCUT2D eigenvalue weighted by Crippen LogP contribution is -2.28. The van der Waals surface area contributed by atoms with E-state index in [1.54, 1.807) is 13.8 Å². The minimum atomic E-state index is -1.30. The lowest BCUT2D eigenvalue weighted by molar-refractivity contribution is -0.148. The number of aliphatic carboxylic acids is 1. The van der Waals surface area contributed by atoms with Crippen molar-refractivity contribution >= 4 is 47.8 Å². The van der Waals surface area contributed by atoms with Gasteiger partial charge in [0, 0.05) is 18.3 Å². The highest BCUT2D eigenvalue weighted by atomic mass is 16.6. The van der Waals surface area contributed by atoms with Gasteiger partial charge in [-0.05, 0) is 61.4 Å². The van der Waals surface area contributed by atoms with E-state index >= 15 is 0 Å². The van der Waals surface area contributed by atoms with Crippen LogP contribution in [0, 0.1) is 5.41 Å². The fourth-order valence-electron chi connectivity index (χ4n) is 4.07. The predicted octanol–water partition coefficient (Wildman–Crippen LogP) is 4.75. The number of carbonyl (C=O) groups excluding carboxylic acids is 6. The molecular formula is C35H32O14. The fraction of sp³-hybridized carbons (Fsp3) is 0.257. The Morgan fingerprint density at radius 1 is 0.551 bits per heavy atom. The number of carboxylic acid groups (broad SMARTS) is 2. The first kappa shape index (κ1) is 37.3. The van der Waals surface area contributed by atoms with Gasteiger partial charge in [-0.2, -0.15) is 0 Å². The lowest BCUT2D eigenvalue weighted by Gasteiger charge is -2.23. The van der Waals surface area contributed by atoms with Crippen molar-refractivity contribution in [1.29, 1.82) is 0 Å². The Labute approximate surface area is 279 Å². The van der Waals surface area contributed by atoms with Gasteiger partial charge in [-0.1, -0.05) is 38.1 Å². The zero-order valence-corrected chi connectivity index (χ0v) is 26.5. The number of esters is 6. The van der Waals surface area contributed by atoms with Crippen molar-refractivity contribution in [3.8, 4) is 0 Å². The van der Waals surface area contributed by atoms with Crippen LogP contribution in [0.2, 0.25) is 0 Å². The van der Waals surface area contributed by atoms with Gasteiger partial charge in [0.25, 0.3) is 0 Å². The smallest absolute Gasteiger partial charge is 0.346 e. The summed E-state index contributed by atoms with van der Waals surface area (Å²) in [5, 5.41) is 17.8. The minimum absolute atomic E-state index is 0.0481. The maximum Gasteiger partial charge on any atom is 0.346 e. The van der Waals surface area contributed by atoms with E-state index in [2.05, 4.69) is 0 Å². The number of hydrogen-bond acceptors (Lipinski definition) is 12. The van der Waals surface area contributed by atoms with Crippen LogP contribution in [0.3, 0.4) is 0 Å². The third-order valence-electron chi connectivity index (χ3n) is 6.66. The highest BCUT2D eigenvalue weighted by Crippen LogP contribution is 2.19. The van der Waals surface area contributed by atoms with Crippen molar-refractivity contribution < 1.29 is 67.5 Å². The molecule has 3 rings (SSSR count). The van der Waals surface area contributed by atoms with Crippen LogP contribution < -0.4 is 0 Å². The molecule has 0 unspecified atom stereocenters. The van der Waals surface area contributed by atoms with Gasteiger partial charge < -0.3 is 29.2 Å². The number of unbranched alkanes of at least 4 members (excludes halogenated alkanes) is 1. The quantitative estimate of drug-likeness (QED) is 0.0962. The Kier molecular flexibility index (Phi) is 13.0. The van der Waals surface area contributed by atoms with Crippen LogP contribution in [0.15, 0.2) is 72.8 Å². The Hall–Kier alpha value is -6.18. The monoisotopic (exact) mass is 676 g/mol. The van der Waals surface area contributed by atoms with Crippen LogP contribution in [0.25, 0.3) is 0 Å². The second-order valence-corrected chi connectivity index (χ2v) is 11.4. The number of ether oxygens (including phenoxy) is 4. The topological polar surface area (TPSA) is 214 Å². The van der Waals surface area contributed by atoms with Gasteiger partial charge in [-0.3, -0.25) is 9.59 Å². The van der Waals surface area contributed by atoms with Gasteiger partial charge in [0.1, 0.15) is 0 Å². The molecule has 2 N–H and O–H groups in total. The third kappa shape index (κ3) is 11.5. The minimum Gasteiger partial charge on any atom is -0.481 e. The molecule has 0 aromatic heterocycles. The summed E-state index contributed by atoms with van der Waals surface area (Å²) in [6.45, 7) is 3.15. The molecule has 0 atom stereocenters.